The largest absolute Gasteiger partial charge is 0.472 e. The second kappa shape index (κ2) is 6.69. The summed E-state index contributed by atoms with van der Waals surface area (Å²) in [6.45, 7) is 5.15. The highest BCUT2D eigenvalue weighted by Gasteiger charge is 2.24. The normalized spacial score (nSPS) is 13.6. The van der Waals surface area contributed by atoms with E-state index in [1.165, 1.54) is 0 Å². The first-order chi connectivity index (χ1) is 12.6. The van der Waals surface area contributed by atoms with E-state index in [0.717, 1.165) is 46.4 Å². The summed E-state index contributed by atoms with van der Waals surface area (Å²) < 4.78 is 11.5. The Morgan fingerprint density at radius 1 is 1.23 bits per heavy atom. The van der Waals surface area contributed by atoms with E-state index in [1.54, 1.807) is 6.07 Å². The molecule has 0 atom stereocenters. The van der Waals surface area contributed by atoms with Crippen LogP contribution in [-0.4, -0.2) is 6.73 Å². The van der Waals surface area contributed by atoms with E-state index in [1.807, 2.05) is 31.2 Å². The standard InChI is InChI=1S/C21H20ClNO3/c1-3-6-14-10-19(24)26-21-13(2)20-15(9-16(14)21)11-23(12-25-20)18-8-5-4-7-17(18)22/h4-5,7-10H,3,6,11-12H2,1-2H3. The maximum Gasteiger partial charge on any atom is 0.336 e. The van der Waals surface area contributed by atoms with Crippen molar-refractivity contribution < 1.29 is 9.15 Å². The van der Waals surface area contributed by atoms with E-state index < -0.39 is 0 Å². The molecular weight excluding hydrogens is 350 g/mol. The lowest BCUT2D eigenvalue weighted by Crippen LogP contribution is -2.32. The quantitative estimate of drug-likeness (QED) is 0.605. The predicted octanol–water partition coefficient (Wildman–Crippen LogP) is 5.06. The minimum atomic E-state index is -0.308. The molecule has 134 valence electrons. The number of anilines is 1. The van der Waals surface area contributed by atoms with Gasteiger partial charge in [-0.2, -0.15) is 0 Å². The van der Waals surface area contributed by atoms with Crippen LogP contribution in [0.5, 0.6) is 5.75 Å². The number of hydrogen-bond acceptors (Lipinski definition) is 4. The van der Waals surface area contributed by atoms with Gasteiger partial charge in [0, 0.05) is 29.1 Å². The molecule has 5 heteroatoms. The van der Waals surface area contributed by atoms with E-state index in [9.17, 15) is 4.79 Å². The molecular formula is C21H20ClNO3. The highest BCUT2D eigenvalue weighted by atomic mass is 35.5. The van der Waals surface area contributed by atoms with Gasteiger partial charge < -0.3 is 14.1 Å². The lowest BCUT2D eigenvalue weighted by Gasteiger charge is -2.32. The zero-order valence-electron chi connectivity index (χ0n) is 14.8. The van der Waals surface area contributed by atoms with Gasteiger partial charge in [0.15, 0.2) is 6.73 Å². The van der Waals surface area contributed by atoms with Gasteiger partial charge in [0.25, 0.3) is 0 Å². The summed E-state index contributed by atoms with van der Waals surface area (Å²) in [7, 11) is 0. The first-order valence-electron chi connectivity index (χ1n) is 8.80. The number of aryl methyl sites for hydroxylation is 2. The minimum Gasteiger partial charge on any atom is -0.472 e. The zero-order chi connectivity index (χ0) is 18.3. The van der Waals surface area contributed by atoms with Crippen molar-refractivity contribution >= 4 is 28.3 Å². The average Bonchev–Trinajstić information content (AvgIpc) is 2.63. The topological polar surface area (TPSA) is 42.7 Å². The van der Waals surface area contributed by atoms with Crippen molar-refractivity contribution in [3.8, 4) is 5.75 Å². The molecule has 0 aliphatic carbocycles. The molecule has 1 aliphatic rings. The molecule has 0 bridgehead atoms. The molecule has 2 aromatic carbocycles. The molecule has 0 fully saturated rings. The third-order valence-electron chi connectivity index (χ3n) is 4.82. The predicted molar refractivity (Wildman–Crippen MR) is 104 cm³/mol. The van der Waals surface area contributed by atoms with Crippen LogP contribution < -0.4 is 15.3 Å². The van der Waals surface area contributed by atoms with E-state index in [0.29, 0.717) is 23.9 Å². The highest BCUT2D eigenvalue weighted by Crippen LogP contribution is 2.38. The van der Waals surface area contributed by atoms with Crippen molar-refractivity contribution in [1.82, 2.24) is 0 Å². The molecule has 26 heavy (non-hydrogen) atoms. The summed E-state index contributed by atoms with van der Waals surface area (Å²) in [6.07, 6.45) is 1.81. The molecule has 4 nitrogen and oxygen atoms in total. The van der Waals surface area contributed by atoms with Crippen molar-refractivity contribution in [3.63, 3.8) is 0 Å². The molecule has 0 spiro atoms. The third-order valence-corrected chi connectivity index (χ3v) is 5.13. The SMILES string of the molecule is CCCc1cc(=O)oc2c(C)c3c(cc12)CN(c1ccccc1Cl)CO3. The molecule has 0 saturated heterocycles. The van der Waals surface area contributed by atoms with E-state index >= 15 is 0 Å². The Labute approximate surface area is 156 Å². The average molecular weight is 370 g/mol. The molecule has 0 N–H and O–H groups in total. The molecule has 2 heterocycles. The molecule has 1 aliphatic heterocycles. The molecule has 0 saturated carbocycles. The molecule has 0 unspecified atom stereocenters. The van der Waals surface area contributed by atoms with Crippen LogP contribution in [0.15, 0.2) is 45.6 Å². The van der Waals surface area contributed by atoms with Crippen LogP contribution in [0.1, 0.15) is 30.0 Å². The van der Waals surface area contributed by atoms with Crippen molar-refractivity contribution in [2.75, 3.05) is 11.6 Å². The van der Waals surface area contributed by atoms with Crippen LogP contribution in [0.2, 0.25) is 5.02 Å². The van der Waals surface area contributed by atoms with Crippen molar-refractivity contribution in [2.45, 2.75) is 33.2 Å². The zero-order valence-corrected chi connectivity index (χ0v) is 15.6. The van der Waals surface area contributed by atoms with Gasteiger partial charge in [-0.25, -0.2) is 4.79 Å². The molecule has 1 aromatic heterocycles. The summed E-state index contributed by atoms with van der Waals surface area (Å²) in [4.78, 5) is 14.0. The number of hydrogen-bond donors (Lipinski definition) is 0. The smallest absolute Gasteiger partial charge is 0.336 e. The number of benzene rings is 2. The fourth-order valence-corrected chi connectivity index (χ4v) is 3.88. The Bertz CT molecular complexity index is 1040. The van der Waals surface area contributed by atoms with Gasteiger partial charge in [0.2, 0.25) is 0 Å². The molecule has 4 rings (SSSR count). The Kier molecular flexibility index (Phi) is 4.37. The number of halogens is 1. The van der Waals surface area contributed by atoms with Gasteiger partial charge in [-0.15, -0.1) is 0 Å². The van der Waals surface area contributed by atoms with E-state index in [-0.39, 0.29) is 5.63 Å². The van der Waals surface area contributed by atoms with E-state index in [2.05, 4.69) is 17.9 Å². The Morgan fingerprint density at radius 2 is 2.04 bits per heavy atom. The van der Waals surface area contributed by atoms with Gasteiger partial charge in [-0.05, 0) is 37.1 Å². The Balaban J connectivity index is 1.84. The van der Waals surface area contributed by atoms with E-state index in [4.69, 9.17) is 20.8 Å². The second-order valence-corrected chi connectivity index (χ2v) is 7.04. The summed E-state index contributed by atoms with van der Waals surface area (Å²) in [5, 5.41) is 1.70. The van der Waals surface area contributed by atoms with Crippen molar-refractivity contribution in [3.05, 3.63) is 68.5 Å². The highest BCUT2D eigenvalue weighted by molar-refractivity contribution is 6.33. The maximum atomic E-state index is 11.9. The van der Waals surface area contributed by atoms with Crippen LogP contribution in [0, 0.1) is 6.92 Å². The van der Waals surface area contributed by atoms with Crippen molar-refractivity contribution in [2.24, 2.45) is 0 Å². The lowest BCUT2D eigenvalue weighted by molar-refractivity contribution is 0.287. The second-order valence-electron chi connectivity index (χ2n) is 6.63. The lowest BCUT2D eigenvalue weighted by atomic mass is 9.98. The summed E-state index contributed by atoms with van der Waals surface area (Å²) in [5.74, 6) is 0.803. The number of nitrogens with zero attached hydrogens (tertiary/aromatic N) is 1. The minimum absolute atomic E-state index is 0.308. The van der Waals surface area contributed by atoms with Gasteiger partial charge in [0.1, 0.15) is 11.3 Å². The summed E-state index contributed by atoms with van der Waals surface area (Å²) in [5.41, 5.74) is 4.26. The van der Waals surface area contributed by atoms with Crippen LogP contribution >= 0.6 is 11.6 Å². The van der Waals surface area contributed by atoms with Crippen LogP contribution in [-0.2, 0) is 13.0 Å². The number of rotatable bonds is 3. The first kappa shape index (κ1) is 17.0. The Morgan fingerprint density at radius 3 is 2.81 bits per heavy atom. The van der Waals surface area contributed by atoms with Crippen LogP contribution in [0.4, 0.5) is 5.69 Å². The fourth-order valence-electron chi connectivity index (χ4n) is 3.62. The number of fused-ring (bicyclic) bond motifs is 2. The number of ether oxygens (including phenoxy) is 1. The van der Waals surface area contributed by atoms with Crippen molar-refractivity contribution in [1.29, 1.82) is 0 Å². The number of para-hydroxylation sites is 1. The van der Waals surface area contributed by atoms with Gasteiger partial charge in [-0.3, -0.25) is 0 Å². The van der Waals surface area contributed by atoms with Gasteiger partial charge in [0.05, 0.1) is 10.7 Å². The molecule has 3 aromatic rings. The van der Waals surface area contributed by atoms with Crippen LogP contribution in [0.3, 0.4) is 0 Å². The monoisotopic (exact) mass is 369 g/mol. The molecule has 0 radical (unpaired) electrons. The summed E-state index contributed by atoms with van der Waals surface area (Å²) >= 11 is 6.35. The molecule has 0 amide bonds. The van der Waals surface area contributed by atoms with Gasteiger partial charge in [-0.1, -0.05) is 37.1 Å². The Hall–Kier alpha value is -2.46. The summed E-state index contributed by atoms with van der Waals surface area (Å²) in [6, 6.07) is 11.5. The maximum absolute atomic E-state index is 11.9. The fraction of sp³-hybridized carbons (Fsp3) is 0.286. The first-order valence-corrected chi connectivity index (χ1v) is 9.17. The van der Waals surface area contributed by atoms with Gasteiger partial charge >= 0.3 is 5.63 Å². The third kappa shape index (κ3) is 2.84. The van der Waals surface area contributed by atoms with Crippen LogP contribution in [0.25, 0.3) is 11.0 Å².